The number of rotatable bonds is 24. The van der Waals surface area contributed by atoms with Crippen LogP contribution in [0.15, 0.2) is 11.6 Å². The maximum Gasteiger partial charge on any atom is 0.335 e. The molecule has 3 N–H and O–H groups in total. The van der Waals surface area contributed by atoms with E-state index in [0.29, 0.717) is 12.2 Å². The molecule has 0 rings (SSSR count). The molecular formula is C29H56N2O4S2. The van der Waals surface area contributed by atoms with Crippen molar-refractivity contribution in [2.45, 2.75) is 118 Å². The van der Waals surface area contributed by atoms with Gasteiger partial charge in [0, 0.05) is 18.4 Å². The van der Waals surface area contributed by atoms with E-state index in [-0.39, 0.29) is 5.91 Å². The average Bonchev–Trinajstić information content (AvgIpc) is 2.80. The fourth-order valence-corrected chi connectivity index (χ4v) is 5.58. The zero-order valence-corrected chi connectivity index (χ0v) is 26.3. The Bertz CT molecular complexity index is 631. The number of hydrogen-bond acceptors (Lipinski definition) is 6. The predicted molar refractivity (Wildman–Crippen MR) is 162 cm³/mol. The summed E-state index contributed by atoms with van der Waals surface area (Å²) in [4.78, 5) is 28.4. The molecule has 0 aliphatic heterocycles. The molecule has 0 heterocycles. The summed E-state index contributed by atoms with van der Waals surface area (Å²) in [5, 5.41) is 12.2. The quantitative estimate of drug-likeness (QED) is 0.0494. The zero-order chi connectivity index (χ0) is 28.1. The summed E-state index contributed by atoms with van der Waals surface area (Å²) in [6, 6.07) is 0. The lowest BCUT2D eigenvalue weighted by molar-refractivity contribution is -0.155. The number of nitrogens with one attached hydrogen (secondary N) is 2. The molecule has 37 heavy (non-hydrogen) atoms. The van der Waals surface area contributed by atoms with Crippen LogP contribution in [0.5, 0.6) is 0 Å². The Morgan fingerprint density at radius 2 is 1.51 bits per heavy atom. The molecule has 0 saturated heterocycles. The maximum atomic E-state index is 11.6. The number of thioether (sulfide) groups is 2. The van der Waals surface area contributed by atoms with Crippen molar-refractivity contribution in [3.05, 3.63) is 11.6 Å². The second-order valence-electron chi connectivity index (χ2n) is 11.0. The van der Waals surface area contributed by atoms with Gasteiger partial charge in [0.2, 0.25) is 5.91 Å². The van der Waals surface area contributed by atoms with Gasteiger partial charge in [0.05, 0.1) is 0 Å². The highest BCUT2D eigenvalue weighted by Crippen LogP contribution is 2.22. The SMILES string of the molecule is CSCCC(NOC(CSC/C=C(\C)CCCC(C)CCCC(C)CCCC(C)C)C(=O)O)NC(C)=O. The van der Waals surface area contributed by atoms with E-state index in [9.17, 15) is 14.7 Å². The van der Waals surface area contributed by atoms with Gasteiger partial charge in [-0.2, -0.15) is 29.0 Å². The van der Waals surface area contributed by atoms with Crippen LogP contribution in [0.4, 0.5) is 0 Å². The third kappa shape index (κ3) is 22.9. The molecule has 0 radical (unpaired) electrons. The van der Waals surface area contributed by atoms with E-state index in [1.807, 2.05) is 6.26 Å². The first-order valence-corrected chi connectivity index (χ1v) is 16.7. The van der Waals surface area contributed by atoms with Gasteiger partial charge < -0.3 is 10.4 Å². The molecule has 0 aromatic heterocycles. The topological polar surface area (TPSA) is 87.7 Å². The number of carbonyl (C=O) groups is 2. The minimum Gasteiger partial charge on any atom is -0.479 e. The Morgan fingerprint density at radius 1 is 0.919 bits per heavy atom. The number of amides is 1. The fraction of sp³-hybridized carbons (Fsp3) is 0.862. The third-order valence-corrected chi connectivity index (χ3v) is 8.16. The molecule has 218 valence electrons. The van der Waals surface area contributed by atoms with Crippen molar-refractivity contribution in [2.24, 2.45) is 17.8 Å². The van der Waals surface area contributed by atoms with Crippen molar-refractivity contribution in [3.63, 3.8) is 0 Å². The number of carbonyl (C=O) groups excluding carboxylic acids is 1. The Kier molecular flexibility index (Phi) is 22.8. The van der Waals surface area contributed by atoms with Crippen LogP contribution >= 0.6 is 23.5 Å². The van der Waals surface area contributed by atoms with Crippen LogP contribution in [0, 0.1) is 17.8 Å². The van der Waals surface area contributed by atoms with Gasteiger partial charge in [-0.25, -0.2) is 4.79 Å². The third-order valence-electron chi connectivity index (χ3n) is 6.58. The Labute approximate surface area is 236 Å². The van der Waals surface area contributed by atoms with Gasteiger partial charge in [-0.3, -0.25) is 9.63 Å². The minimum absolute atomic E-state index is 0.180. The summed E-state index contributed by atoms with van der Waals surface area (Å²) in [6.45, 7) is 13.0. The van der Waals surface area contributed by atoms with Gasteiger partial charge >= 0.3 is 5.97 Å². The lowest BCUT2D eigenvalue weighted by Crippen LogP contribution is -2.47. The van der Waals surface area contributed by atoms with Gasteiger partial charge in [0.25, 0.3) is 0 Å². The average molecular weight is 561 g/mol. The van der Waals surface area contributed by atoms with Crippen molar-refractivity contribution in [3.8, 4) is 0 Å². The van der Waals surface area contributed by atoms with E-state index in [0.717, 1.165) is 35.7 Å². The van der Waals surface area contributed by atoms with Gasteiger partial charge in [-0.05, 0) is 55.9 Å². The summed E-state index contributed by atoms with van der Waals surface area (Å²) >= 11 is 3.21. The molecule has 8 heteroatoms. The smallest absolute Gasteiger partial charge is 0.335 e. The number of allylic oxidation sites excluding steroid dienone is 1. The molecule has 0 aliphatic rings. The lowest BCUT2D eigenvalue weighted by atomic mass is 9.91. The largest absolute Gasteiger partial charge is 0.479 e. The summed E-state index contributed by atoms with van der Waals surface area (Å²) in [7, 11) is 0. The number of carboxylic acids is 1. The molecule has 0 aromatic carbocycles. The molecule has 0 spiro atoms. The molecule has 0 bridgehead atoms. The Balaban J connectivity index is 4.12. The van der Waals surface area contributed by atoms with E-state index in [2.05, 4.69) is 51.5 Å². The monoisotopic (exact) mass is 560 g/mol. The Morgan fingerprint density at radius 3 is 2.05 bits per heavy atom. The van der Waals surface area contributed by atoms with E-state index < -0.39 is 18.2 Å². The van der Waals surface area contributed by atoms with Crippen LogP contribution in [0.2, 0.25) is 0 Å². The van der Waals surface area contributed by atoms with Gasteiger partial charge in [-0.1, -0.05) is 84.3 Å². The molecular weight excluding hydrogens is 504 g/mol. The molecule has 4 atom stereocenters. The normalized spacial score (nSPS) is 15.4. The van der Waals surface area contributed by atoms with Crippen molar-refractivity contribution in [1.29, 1.82) is 0 Å². The van der Waals surface area contributed by atoms with Crippen molar-refractivity contribution >= 4 is 35.4 Å². The van der Waals surface area contributed by atoms with Crippen LogP contribution in [0.25, 0.3) is 0 Å². The first-order valence-electron chi connectivity index (χ1n) is 14.2. The molecule has 0 aromatic rings. The second-order valence-corrected chi connectivity index (χ2v) is 13.1. The lowest BCUT2D eigenvalue weighted by Gasteiger charge is -2.21. The number of carboxylic acid groups (broad SMARTS) is 1. The zero-order valence-electron chi connectivity index (χ0n) is 24.6. The van der Waals surface area contributed by atoms with Crippen molar-refractivity contribution in [1.82, 2.24) is 10.8 Å². The number of hydrogen-bond donors (Lipinski definition) is 3. The second kappa shape index (κ2) is 23.2. The first-order chi connectivity index (χ1) is 17.5. The number of aliphatic carboxylic acids is 1. The highest BCUT2D eigenvalue weighted by molar-refractivity contribution is 7.99. The highest BCUT2D eigenvalue weighted by Gasteiger charge is 2.20. The minimum atomic E-state index is -1.01. The predicted octanol–water partition coefficient (Wildman–Crippen LogP) is 7.29. The van der Waals surface area contributed by atoms with E-state index in [1.54, 1.807) is 23.5 Å². The summed E-state index contributed by atoms with van der Waals surface area (Å²) < 4.78 is 0. The molecule has 0 aliphatic carbocycles. The Hall–Kier alpha value is -0.700. The molecule has 4 unspecified atom stereocenters. The highest BCUT2D eigenvalue weighted by atomic mass is 32.2. The van der Waals surface area contributed by atoms with Crippen LogP contribution in [0.1, 0.15) is 106 Å². The van der Waals surface area contributed by atoms with Gasteiger partial charge in [0.15, 0.2) is 6.10 Å². The summed E-state index contributed by atoms with van der Waals surface area (Å²) in [6.07, 6.45) is 15.2. The van der Waals surface area contributed by atoms with Crippen LogP contribution < -0.4 is 10.8 Å². The fourth-order valence-electron chi connectivity index (χ4n) is 4.15. The summed E-state index contributed by atoms with van der Waals surface area (Å²) in [5.41, 5.74) is 4.10. The molecule has 1 amide bonds. The van der Waals surface area contributed by atoms with Crippen molar-refractivity contribution < 1.29 is 19.5 Å². The van der Waals surface area contributed by atoms with Gasteiger partial charge in [0.1, 0.15) is 6.17 Å². The molecule has 0 saturated carbocycles. The van der Waals surface area contributed by atoms with Gasteiger partial charge in [-0.15, -0.1) is 0 Å². The standard InChI is InChI=1S/C29H56N2O4S2/c1-22(2)11-8-12-23(3)13-9-14-24(4)15-10-16-25(5)17-20-37-21-27(29(33)34)35-31-28(18-19-36-7)30-26(6)32/h17,22-24,27-28,31H,8-16,18-21H2,1-7H3,(H,30,32)(H,33,34)/b25-17+. The van der Waals surface area contributed by atoms with E-state index in [4.69, 9.17) is 4.84 Å². The molecule has 0 fully saturated rings. The van der Waals surface area contributed by atoms with Crippen LogP contribution in [-0.4, -0.2) is 52.8 Å². The summed E-state index contributed by atoms with van der Waals surface area (Å²) in [5.74, 6) is 3.21. The maximum absolute atomic E-state index is 11.6. The van der Waals surface area contributed by atoms with Crippen molar-refractivity contribution in [2.75, 3.05) is 23.5 Å². The number of hydroxylamine groups is 1. The van der Waals surface area contributed by atoms with E-state index in [1.165, 1.54) is 63.9 Å². The van der Waals surface area contributed by atoms with Crippen LogP contribution in [0.3, 0.4) is 0 Å². The van der Waals surface area contributed by atoms with Crippen LogP contribution in [-0.2, 0) is 14.4 Å². The molecule has 6 nitrogen and oxygen atoms in total. The van der Waals surface area contributed by atoms with E-state index >= 15 is 0 Å². The first kappa shape index (κ1) is 36.3.